The van der Waals surface area contributed by atoms with Crippen molar-refractivity contribution in [2.75, 3.05) is 13.1 Å². The smallest absolute Gasteiger partial charge is 0.261 e. The summed E-state index contributed by atoms with van der Waals surface area (Å²) in [5.41, 5.74) is 2.00. The third-order valence-corrected chi connectivity index (χ3v) is 4.62. The monoisotopic (exact) mass is 380 g/mol. The molecule has 1 aliphatic rings. The molecule has 2 heterocycles. The number of benzene rings is 2. The largest absolute Gasteiger partial charge is 0.356 e. The Labute approximate surface area is 159 Å². The van der Waals surface area contributed by atoms with E-state index in [2.05, 4.69) is 15.3 Å². The normalized spacial score (nSPS) is 13.2. The van der Waals surface area contributed by atoms with Crippen LogP contribution in [0.25, 0.3) is 11.0 Å². The first-order valence-corrected chi connectivity index (χ1v) is 8.89. The lowest BCUT2D eigenvalue weighted by Crippen LogP contribution is -2.35. The number of rotatable bonds is 6. The van der Waals surface area contributed by atoms with E-state index in [1.807, 2.05) is 0 Å². The fourth-order valence-electron chi connectivity index (χ4n) is 3.22. The minimum absolute atomic E-state index is 0.0246. The number of halogens is 1. The van der Waals surface area contributed by atoms with Crippen molar-refractivity contribution in [2.24, 2.45) is 0 Å². The maximum absolute atomic E-state index is 13.2. The second kappa shape index (κ2) is 7.22. The van der Waals surface area contributed by atoms with Crippen LogP contribution in [0.1, 0.15) is 33.0 Å². The lowest BCUT2D eigenvalue weighted by molar-refractivity contribution is -0.121. The van der Waals surface area contributed by atoms with Crippen molar-refractivity contribution in [1.82, 2.24) is 20.2 Å². The van der Waals surface area contributed by atoms with E-state index in [0.717, 1.165) is 4.90 Å². The van der Waals surface area contributed by atoms with E-state index < -0.39 is 0 Å². The number of carbonyl (C=O) groups excluding carboxylic acids is 3. The first-order chi connectivity index (χ1) is 13.5. The molecule has 1 aromatic heterocycles. The highest BCUT2D eigenvalue weighted by atomic mass is 19.1. The van der Waals surface area contributed by atoms with E-state index in [4.69, 9.17) is 0 Å². The van der Waals surface area contributed by atoms with E-state index in [-0.39, 0.29) is 36.5 Å². The summed E-state index contributed by atoms with van der Waals surface area (Å²) in [7, 11) is 0. The third-order valence-electron chi connectivity index (χ3n) is 4.62. The summed E-state index contributed by atoms with van der Waals surface area (Å²) in [6.07, 6.45) is 0.478. The van der Waals surface area contributed by atoms with Crippen molar-refractivity contribution in [3.8, 4) is 0 Å². The summed E-state index contributed by atoms with van der Waals surface area (Å²) in [4.78, 5) is 45.0. The van der Waals surface area contributed by atoms with Crippen LogP contribution in [0.2, 0.25) is 0 Å². The molecule has 142 valence electrons. The average Bonchev–Trinajstić information content (AvgIpc) is 3.19. The summed E-state index contributed by atoms with van der Waals surface area (Å²) < 4.78 is 13.2. The van der Waals surface area contributed by atoms with Crippen molar-refractivity contribution in [1.29, 1.82) is 0 Å². The Morgan fingerprint density at radius 1 is 1.11 bits per heavy atom. The molecule has 2 N–H and O–H groups in total. The Hall–Kier alpha value is -3.55. The summed E-state index contributed by atoms with van der Waals surface area (Å²) in [5.74, 6) is -0.713. The molecule has 4 rings (SSSR count). The highest BCUT2D eigenvalue weighted by Gasteiger charge is 2.34. The van der Waals surface area contributed by atoms with Gasteiger partial charge in [0.2, 0.25) is 5.91 Å². The SMILES string of the molecule is O=C(CCN1C(=O)c2ccccc2C1=O)NCCc1nc2ccc(F)cc2[nH]1. The van der Waals surface area contributed by atoms with Gasteiger partial charge in [-0.2, -0.15) is 0 Å². The zero-order valence-corrected chi connectivity index (χ0v) is 14.9. The molecule has 1 aliphatic heterocycles. The van der Waals surface area contributed by atoms with Gasteiger partial charge >= 0.3 is 0 Å². The number of aromatic amines is 1. The van der Waals surface area contributed by atoms with Crippen LogP contribution >= 0.6 is 0 Å². The molecule has 0 atom stereocenters. The topological polar surface area (TPSA) is 95.2 Å². The Kier molecular flexibility index (Phi) is 4.60. The molecule has 8 heteroatoms. The van der Waals surface area contributed by atoms with Crippen LogP contribution in [0.4, 0.5) is 4.39 Å². The lowest BCUT2D eigenvalue weighted by Gasteiger charge is -2.13. The zero-order chi connectivity index (χ0) is 19.7. The van der Waals surface area contributed by atoms with Crippen LogP contribution in [0, 0.1) is 5.82 Å². The van der Waals surface area contributed by atoms with Crippen molar-refractivity contribution in [3.63, 3.8) is 0 Å². The minimum Gasteiger partial charge on any atom is -0.356 e. The standard InChI is InChI=1S/C20H17FN4O3/c21-12-5-6-15-16(11-12)24-17(23-15)7-9-22-18(26)8-10-25-19(27)13-3-1-2-4-14(13)20(25)28/h1-6,11H,7-10H2,(H,22,26)(H,23,24). The molecular weight excluding hydrogens is 363 g/mol. The number of hydrogen-bond donors (Lipinski definition) is 2. The van der Waals surface area contributed by atoms with Crippen LogP contribution in [0.3, 0.4) is 0 Å². The van der Waals surface area contributed by atoms with Gasteiger partial charge < -0.3 is 10.3 Å². The predicted molar refractivity (Wildman–Crippen MR) is 99.2 cm³/mol. The maximum atomic E-state index is 13.2. The minimum atomic E-state index is -0.372. The number of fused-ring (bicyclic) bond motifs is 2. The average molecular weight is 380 g/mol. The van der Waals surface area contributed by atoms with Crippen molar-refractivity contribution >= 4 is 28.8 Å². The molecule has 3 amide bonds. The van der Waals surface area contributed by atoms with Crippen LogP contribution in [-0.4, -0.2) is 45.7 Å². The number of amides is 3. The van der Waals surface area contributed by atoms with E-state index >= 15 is 0 Å². The second-order valence-electron chi connectivity index (χ2n) is 6.50. The fourth-order valence-corrected chi connectivity index (χ4v) is 3.22. The van der Waals surface area contributed by atoms with Gasteiger partial charge in [-0.1, -0.05) is 12.1 Å². The molecule has 0 radical (unpaired) electrons. The highest BCUT2D eigenvalue weighted by Crippen LogP contribution is 2.22. The van der Waals surface area contributed by atoms with E-state index in [1.54, 1.807) is 30.3 Å². The molecular formula is C20H17FN4O3. The predicted octanol–water partition coefficient (Wildman–Crippen LogP) is 2.05. The molecule has 7 nitrogen and oxygen atoms in total. The summed E-state index contributed by atoms with van der Waals surface area (Å²) in [6, 6.07) is 10.9. The molecule has 0 saturated heterocycles. The number of nitrogens with zero attached hydrogens (tertiary/aromatic N) is 2. The molecule has 2 aromatic carbocycles. The van der Waals surface area contributed by atoms with Crippen molar-refractivity contribution in [3.05, 3.63) is 65.2 Å². The zero-order valence-electron chi connectivity index (χ0n) is 14.9. The molecule has 0 spiro atoms. The summed E-state index contributed by atoms with van der Waals surface area (Å²) in [6.45, 7) is 0.366. The second-order valence-corrected chi connectivity index (χ2v) is 6.50. The van der Waals surface area contributed by atoms with E-state index in [0.29, 0.717) is 41.0 Å². The van der Waals surface area contributed by atoms with Gasteiger partial charge in [0.25, 0.3) is 11.8 Å². The molecule has 0 bridgehead atoms. The maximum Gasteiger partial charge on any atom is 0.261 e. The van der Waals surface area contributed by atoms with Gasteiger partial charge in [0.05, 0.1) is 22.2 Å². The number of aromatic nitrogens is 2. The summed E-state index contributed by atoms with van der Waals surface area (Å²) in [5, 5.41) is 2.74. The Balaban J connectivity index is 1.27. The van der Waals surface area contributed by atoms with Gasteiger partial charge in [-0.3, -0.25) is 19.3 Å². The number of carbonyl (C=O) groups is 3. The Bertz CT molecular complexity index is 1060. The number of imidazole rings is 1. The first kappa shape index (κ1) is 17.8. The van der Waals surface area contributed by atoms with Crippen molar-refractivity contribution < 1.29 is 18.8 Å². The van der Waals surface area contributed by atoms with Crippen LogP contribution in [0.5, 0.6) is 0 Å². The first-order valence-electron chi connectivity index (χ1n) is 8.89. The quantitative estimate of drug-likeness (QED) is 0.640. The summed E-state index contributed by atoms with van der Waals surface area (Å²) >= 11 is 0. The number of hydrogen-bond acceptors (Lipinski definition) is 4. The van der Waals surface area contributed by atoms with Crippen LogP contribution in [0.15, 0.2) is 42.5 Å². The van der Waals surface area contributed by atoms with E-state index in [9.17, 15) is 18.8 Å². The van der Waals surface area contributed by atoms with Gasteiger partial charge in [0, 0.05) is 25.9 Å². The lowest BCUT2D eigenvalue weighted by atomic mass is 10.1. The number of nitrogens with one attached hydrogen (secondary N) is 2. The van der Waals surface area contributed by atoms with E-state index in [1.165, 1.54) is 12.1 Å². The van der Waals surface area contributed by atoms with Crippen molar-refractivity contribution in [2.45, 2.75) is 12.8 Å². The van der Waals surface area contributed by atoms with Gasteiger partial charge in [0.1, 0.15) is 11.6 Å². The fraction of sp³-hybridized carbons (Fsp3) is 0.200. The van der Waals surface area contributed by atoms with Gasteiger partial charge in [-0.05, 0) is 30.3 Å². The molecule has 3 aromatic rings. The highest BCUT2D eigenvalue weighted by molar-refractivity contribution is 6.21. The van der Waals surface area contributed by atoms with Gasteiger partial charge in [-0.15, -0.1) is 0 Å². The Morgan fingerprint density at radius 2 is 1.82 bits per heavy atom. The molecule has 28 heavy (non-hydrogen) atoms. The Morgan fingerprint density at radius 3 is 2.54 bits per heavy atom. The number of H-pyrrole nitrogens is 1. The van der Waals surface area contributed by atoms with Crippen LogP contribution in [-0.2, 0) is 11.2 Å². The molecule has 0 saturated carbocycles. The van der Waals surface area contributed by atoms with Crippen LogP contribution < -0.4 is 5.32 Å². The third kappa shape index (κ3) is 3.36. The molecule has 0 aliphatic carbocycles. The van der Waals surface area contributed by atoms with Gasteiger partial charge in [-0.25, -0.2) is 9.37 Å². The van der Waals surface area contributed by atoms with Gasteiger partial charge in [0.15, 0.2) is 0 Å². The molecule has 0 fully saturated rings. The molecule has 0 unspecified atom stereocenters. The number of imide groups is 1.